The Balaban J connectivity index is 4.94. The molecule has 0 radical (unpaired) electrons. The summed E-state index contributed by atoms with van der Waals surface area (Å²) in [5.41, 5.74) is 1.82. The van der Waals surface area contributed by atoms with Crippen LogP contribution in [-0.2, 0) is 0 Å². The van der Waals surface area contributed by atoms with Crippen LogP contribution in [0.2, 0.25) is 0 Å². The summed E-state index contributed by atoms with van der Waals surface area (Å²) in [5.74, 6) is 0. The quantitative estimate of drug-likeness (QED) is 0.497. The van der Waals surface area contributed by atoms with E-state index in [-0.39, 0.29) is 0 Å². The van der Waals surface area contributed by atoms with Gasteiger partial charge in [0.15, 0.2) is 0 Å². The molecule has 3 unspecified atom stereocenters. The zero-order chi connectivity index (χ0) is 11.4. The van der Waals surface area contributed by atoms with E-state index in [0.29, 0.717) is 0 Å². The molecule has 0 nitrogen and oxygen atoms in total. The Morgan fingerprint density at radius 3 is 1.14 bits per heavy atom. The van der Waals surface area contributed by atoms with Crippen LogP contribution in [0.1, 0.15) is 60.8 Å². The SMILES string of the molecule is CCC(C)P(=[Se])(C(C)CC)C(C)CC. The molecule has 0 aromatic heterocycles. The van der Waals surface area contributed by atoms with Crippen molar-refractivity contribution >= 4 is 20.6 Å². The van der Waals surface area contributed by atoms with Gasteiger partial charge in [-0.05, 0) is 0 Å². The number of rotatable bonds is 6. The fourth-order valence-corrected chi connectivity index (χ4v) is 9.29. The first-order chi connectivity index (χ1) is 6.44. The van der Waals surface area contributed by atoms with Gasteiger partial charge in [0.25, 0.3) is 0 Å². The van der Waals surface area contributed by atoms with Gasteiger partial charge >= 0.3 is 98.4 Å². The van der Waals surface area contributed by atoms with Gasteiger partial charge in [0.05, 0.1) is 0 Å². The molecule has 0 heterocycles. The maximum absolute atomic E-state index is 3.65. The third-order valence-corrected chi connectivity index (χ3v) is 15.9. The van der Waals surface area contributed by atoms with E-state index >= 15 is 0 Å². The first-order valence-corrected chi connectivity index (χ1v) is 10.2. The molecule has 14 heavy (non-hydrogen) atoms. The molecule has 0 spiro atoms. The molecule has 0 aliphatic carbocycles. The molecule has 0 saturated heterocycles. The van der Waals surface area contributed by atoms with E-state index in [1.807, 2.05) is 0 Å². The molecule has 0 bridgehead atoms. The average molecular weight is 281 g/mol. The second-order valence-electron chi connectivity index (χ2n) is 4.54. The predicted molar refractivity (Wildman–Crippen MR) is 71.9 cm³/mol. The Morgan fingerprint density at radius 2 is 1.00 bits per heavy atom. The van der Waals surface area contributed by atoms with Gasteiger partial charge in [0.1, 0.15) is 0 Å². The number of hydrogen-bond donors (Lipinski definition) is 0. The summed E-state index contributed by atoms with van der Waals surface area (Å²) in [4.78, 5) is 0. The Hall–Kier alpha value is 0.949. The second-order valence-corrected chi connectivity index (χ2v) is 12.7. The monoisotopic (exact) mass is 282 g/mol. The second kappa shape index (κ2) is 6.51. The Morgan fingerprint density at radius 1 is 0.786 bits per heavy atom. The summed E-state index contributed by atoms with van der Waals surface area (Å²) < 4.78 is 0. The molecular weight excluding hydrogens is 254 g/mol. The molecule has 0 N–H and O–H groups in total. The van der Waals surface area contributed by atoms with Crippen LogP contribution in [0, 0.1) is 0 Å². The van der Waals surface area contributed by atoms with Crippen molar-refractivity contribution in [1.82, 2.24) is 0 Å². The third-order valence-electron chi connectivity index (χ3n) is 3.84. The first-order valence-electron chi connectivity index (χ1n) is 6.04. The van der Waals surface area contributed by atoms with Crippen LogP contribution < -0.4 is 0 Å². The Labute approximate surface area is 98.5 Å². The van der Waals surface area contributed by atoms with E-state index in [9.17, 15) is 0 Å². The van der Waals surface area contributed by atoms with E-state index in [2.05, 4.69) is 56.6 Å². The summed E-state index contributed by atoms with van der Waals surface area (Å²) in [6.45, 7) is 14.3. The molecule has 0 aliphatic rings. The van der Waals surface area contributed by atoms with Gasteiger partial charge < -0.3 is 0 Å². The topological polar surface area (TPSA) is 0 Å². The van der Waals surface area contributed by atoms with Crippen molar-refractivity contribution in [2.24, 2.45) is 0 Å². The normalized spacial score (nSPS) is 22.4. The van der Waals surface area contributed by atoms with Crippen LogP contribution in [0.3, 0.4) is 0 Å². The van der Waals surface area contributed by atoms with Gasteiger partial charge in [-0.1, -0.05) is 0 Å². The van der Waals surface area contributed by atoms with Crippen molar-refractivity contribution in [2.45, 2.75) is 77.8 Å². The molecular formula is C12H27PSe. The van der Waals surface area contributed by atoms with Crippen molar-refractivity contribution in [2.75, 3.05) is 0 Å². The molecule has 0 aromatic carbocycles. The van der Waals surface area contributed by atoms with Crippen molar-refractivity contribution in [3.63, 3.8) is 0 Å². The number of hydrogen-bond acceptors (Lipinski definition) is 0. The summed E-state index contributed by atoms with van der Waals surface area (Å²) >= 11 is 3.65. The van der Waals surface area contributed by atoms with E-state index in [1.165, 1.54) is 19.3 Å². The fourth-order valence-electron chi connectivity index (χ4n) is 2.16. The first kappa shape index (κ1) is 14.9. The molecule has 0 aliphatic heterocycles. The van der Waals surface area contributed by atoms with Gasteiger partial charge in [-0.3, -0.25) is 0 Å². The Bertz CT molecular complexity index is 167. The van der Waals surface area contributed by atoms with E-state index in [0.717, 1.165) is 17.0 Å². The molecule has 2 heteroatoms. The zero-order valence-electron chi connectivity index (χ0n) is 10.7. The van der Waals surface area contributed by atoms with Crippen LogP contribution in [0.15, 0.2) is 0 Å². The van der Waals surface area contributed by atoms with E-state index in [1.54, 1.807) is 0 Å². The molecule has 0 saturated carbocycles. The summed E-state index contributed by atoms with van der Waals surface area (Å²) in [6.07, 6.45) is 3.99. The van der Waals surface area contributed by atoms with Crippen LogP contribution in [0.5, 0.6) is 0 Å². The van der Waals surface area contributed by atoms with E-state index in [4.69, 9.17) is 0 Å². The molecule has 0 aromatic rings. The summed E-state index contributed by atoms with van der Waals surface area (Å²) in [6, 6.07) is 0. The molecule has 3 atom stereocenters. The van der Waals surface area contributed by atoms with E-state index < -0.39 is 5.51 Å². The van der Waals surface area contributed by atoms with Crippen molar-refractivity contribution < 1.29 is 0 Å². The summed E-state index contributed by atoms with van der Waals surface area (Å²) in [7, 11) is 0. The maximum atomic E-state index is 3.65. The van der Waals surface area contributed by atoms with Gasteiger partial charge in [-0.25, -0.2) is 0 Å². The Kier molecular flexibility index (Phi) is 6.96. The van der Waals surface area contributed by atoms with Crippen LogP contribution >= 0.6 is 5.51 Å². The van der Waals surface area contributed by atoms with Crippen LogP contribution in [0.4, 0.5) is 0 Å². The standard InChI is InChI=1S/C12H27PSe/c1-7-10(4)13(14,11(5)8-2)12(6)9-3/h10-12H,7-9H2,1-6H3. The van der Waals surface area contributed by atoms with Crippen LogP contribution in [0.25, 0.3) is 0 Å². The molecule has 0 amide bonds. The third kappa shape index (κ3) is 2.97. The summed E-state index contributed by atoms with van der Waals surface area (Å²) in [5, 5.41) is 0. The molecule has 0 rings (SSSR count). The predicted octanol–water partition coefficient (Wildman–Crippen LogP) is 4.48. The van der Waals surface area contributed by atoms with Crippen LogP contribution in [-0.4, -0.2) is 32.1 Å². The van der Waals surface area contributed by atoms with Crippen molar-refractivity contribution in [3.8, 4) is 0 Å². The van der Waals surface area contributed by atoms with Crippen molar-refractivity contribution in [3.05, 3.63) is 0 Å². The fraction of sp³-hybridized carbons (Fsp3) is 1.00. The molecule has 86 valence electrons. The van der Waals surface area contributed by atoms with Gasteiger partial charge in [0, 0.05) is 0 Å². The average Bonchev–Trinajstić information content (AvgIpc) is 2.24. The zero-order valence-corrected chi connectivity index (χ0v) is 13.3. The van der Waals surface area contributed by atoms with Crippen molar-refractivity contribution in [1.29, 1.82) is 0 Å². The molecule has 0 fully saturated rings. The van der Waals surface area contributed by atoms with Gasteiger partial charge in [0.2, 0.25) is 0 Å². The minimum absolute atomic E-state index is 0.867. The minimum atomic E-state index is -0.867. The van der Waals surface area contributed by atoms with Gasteiger partial charge in [-0.15, -0.1) is 0 Å². The van der Waals surface area contributed by atoms with Gasteiger partial charge in [-0.2, -0.15) is 0 Å².